The van der Waals surface area contributed by atoms with E-state index in [9.17, 15) is 26.4 Å². The average Bonchev–Trinajstić information content (AvgIpc) is 3.17. The Morgan fingerprint density at radius 1 is 1.14 bits per heavy atom. The number of amides is 1. The molecule has 0 fully saturated rings. The van der Waals surface area contributed by atoms with Crippen LogP contribution < -0.4 is 20.7 Å². The fourth-order valence-electron chi connectivity index (χ4n) is 3.47. The van der Waals surface area contributed by atoms with Gasteiger partial charge in [0, 0.05) is 23.3 Å². The molecule has 1 aliphatic heterocycles. The van der Waals surface area contributed by atoms with Crippen molar-refractivity contribution in [1.29, 1.82) is 0 Å². The van der Waals surface area contributed by atoms with Crippen LogP contribution in [0.2, 0.25) is 0 Å². The lowest BCUT2D eigenvalue weighted by molar-refractivity contribution is -0.137. The van der Waals surface area contributed by atoms with Gasteiger partial charge in [-0.15, -0.1) is 0 Å². The number of halogens is 3. The smallest absolute Gasteiger partial charge is 0.364 e. The summed E-state index contributed by atoms with van der Waals surface area (Å²) in [5.74, 6) is -0.943. The van der Waals surface area contributed by atoms with Gasteiger partial charge in [-0.2, -0.15) is 18.2 Å². The number of rotatable bonds is 8. The molecule has 4 rings (SSSR count). The Morgan fingerprint density at radius 3 is 2.64 bits per heavy atom. The van der Waals surface area contributed by atoms with Gasteiger partial charge in [0.1, 0.15) is 11.4 Å². The summed E-state index contributed by atoms with van der Waals surface area (Å²) >= 11 is 0. The second-order valence-electron chi connectivity index (χ2n) is 7.98. The summed E-state index contributed by atoms with van der Waals surface area (Å²) in [6, 6.07) is 8.09. The summed E-state index contributed by atoms with van der Waals surface area (Å²) in [5, 5.41) is 8.17. The van der Waals surface area contributed by atoms with Gasteiger partial charge in [-0.25, -0.2) is 13.4 Å². The molecular weight excluding hydrogens is 499 g/mol. The molecule has 0 radical (unpaired) electrons. The molecule has 1 amide bonds. The summed E-state index contributed by atoms with van der Waals surface area (Å²) in [5.41, 5.74) is 1.70. The third-order valence-electron chi connectivity index (χ3n) is 5.26. The Balaban J connectivity index is 1.61. The summed E-state index contributed by atoms with van der Waals surface area (Å²) in [6.07, 6.45) is -3.90. The number of fused-ring (bicyclic) bond motifs is 1. The Morgan fingerprint density at radius 2 is 1.92 bits per heavy atom. The first-order chi connectivity index (χ1) is 16.9. The van der Waals surface area contributed by atoms with Crippen molar-refractivity contribution in [3.05, 3.63) is 59.0 Å². The first-order valence-corrected chi connectivity index (χ1v) is 12.4. The highest BCUT2D eigenvalue weighted by atomic mass is 32.2. The van der Waals surface area contributed by atoms with Crippen molar-refractivity contribution in [3.63, 3.8) is 0 Å². The highest BCUT2D eigenvalue weighted by Crippen LogP contribution is 2.35. The first kappa shape index (κ1) is 25.2. The van der Waals surface area contributed by atoms with E-state index in [2.05, 4.69) is 35.6 Å². The highest BCUT2D eigenvalue weighted by Gasteiger charge is 2.35. The van der Waals surface area contributed by atoms with E-state index in [4.69, 9.17) is 0 Å². The second kappa shape index (κ2) is 9.60. The highest BCUT2D eigenvalue weighted by molar-refractivity contribution is 7.92. The number of carbonyl (C=O) groups is 1. The maximum Gasteiger partial charge on any atom is 0.421 e. The van der Waals surface area contributed by atoms with Gasteiger partial charge in [0.2, 0.25) is 21.9 Å². The number of hydrogen-bond donors (Lipinski definition) is 4. The van der Waals surface area contributed by atoms with Crippen LogP contribution in [0.5, 0.6) is 0 Å². The molecule has 190 valence electrons. The molecule has 1 aliphatic rings. The van der Waals surface area contributed by atoms with Crippen LogP contribution in [-0.4, -0.2) is 35.0 Å². The molecule has 0 atom stereocenters. The third kappa shape index (κ3) is 5.82. The minimum absolute atomic E-state index is 0.105. The van der Waals surface area contributed by atoms with E-state index in [1.54, 1.807) is 31.2 Å². The maximum absolute atomic E-state index is 13.6. The molecule has 14 heteroatoms. The van der Waals surface area contributed by atoms with E-state index in [1.807, 2.05) is 0 Å². The minimum Gasteiger partial charge on any atom is -0.364 e. The van der Waals surface area contributed by atoms with E-state index in [-0.39, 0.29) is 42.0 Å². The fourth-order valence-corrected chi connectivity index (χ4v) is 4.13. The zero-order valence-electron chi connectivity index (χ0n) is 19.2. The normalized spacial score (nSPS) is 13.2. The second-order valence-corrected chi connectivity index (χ2v) is 9.99. The van der Waals surface area contributed by atoms with E-state index in [0.717, 1.165) is 5.56 Å². The number of carbonyl (C=O) groups excluding carboxylic acids is 1. The van der Waals surface area contributed by atoms with Crippen molar-refractivity contribution < 1.29 is 26.4 Å². The van der Waals surface area contributed by atoms with Crippen LogP contribution >= 0.6 is 0 Å². The first-order valence-electron chi connectivity index (χ1n) is 10.8. The molecule has 0 saturated carbocycles. The van der Waals surface area contributed by atoms with Gasteiger partial charge in [-0.1, -0.05) is 0 Å². The van der Waals surface area contributed by atoms with Crippen LogP contribution in [0.15, 0.2) is 36.5 Å². The van der Waals surface area contributed by atoms with Crippen LogP contribution in [0.3, 0.4) is 0 Å². The molecule has 1 aromatic carbocycles. The third-order valence-corrected chi connectivity index (χ3v) is 6.55. The predicted molar refractivity (Wildman–Crippen MR) is 128 cm³/mol. The summed E-state index contributed by atoms with van der Waals surface area (Å²) < 4.78 is 67.3. The number of alkyl halides is 3. The summed E-state index contributed by atoms with van der Waals surface area (Å²) in [7, 11) is -3.63. The number of nitrogens with one attached hydrogen (secondary N) is 4. The zero-order chi connectivity index (χ0) is 26.1. The maximum atomic E-state index is 13.6. The quantitative estimate of drug-likeness (QED) is 0.351. The van der Waals surface area contributed by atoms with Crippen LogP contribution in [0, 0.1) is 6.92 Å². The molecule has 0 bridgehead atoms. The van der Waals surface area contributed by atoms with Crippen molar-refractivity contribution in [2.45, 2.75) is 33.0 Å². The Labute approximate surface area is 204 Å². The molecule has 36 heavy (non-hydrogen) atoms. The Hall–Kier alpha value is -3.94. The van der Waals surface area contributed by atoms with Crippen LogP contribution in [0.4, 0.5) is 42.0 Å². The molecule has 0 aliphatic carbocycles. The molecule has 2 aromatic heterocycles. The predicted octanol–water partition coefficient (Wildman–Crippen LogP) is 3.81. The van der Waals surface area contributed by atoms with E-state index in [0.29, 0.717) is 23.3 Å². The Bertz CT molecular complexity index is 1430. The fraction of sp³-hybridized carbons (Fsp3) is 0.273. The van der Waals surface area contributed by atoms with Gasteiger partial charge in [0.25, 0.3) is 0 Å². The van der Waals surface area contributed by atoms with Crippen molar-refractivity contribution in [2.75, 3.05) is 26.4 Å². The van der Waals surface area contributed by atoms with E-state index in [1.165, 1.54) is 13.0 Å². The number of sulfonamides is 1. The minimum atomic E-state index is -4.74. The van der Waals surface area contributed by atoms with Crippen molar-refractivity contribution >= 4 is 44.8 Å². The summed E-state index contributed by atoms with van der Waals surface area (Å²) in [4.78, 5) is 23.6. The van der Waals surface area contributed by atoms with Gasteiger partial charge < -0.3 is 16.0 Å². The molecule has 3 heterocycles. The number of anilines is 5. The van der Waals surface area contributed by atoms with Crippen molar-refractivity contribution in [2.24, 2.45) is 0 Å². The standard InChI is InChI=1S/C22H22F3N7O3S/c1-3-36(34,35)32-17-6-4-12(2)28-18(17)11-26-20-15(22(23,24)25)10-27-21(31-20)29-14-5-7-16-13(8-14)9-19(33)30-16/h4-8,10,32H,3,9,11H2,1-2H3,(H,30,33)(H2,26,27,29,31). The number of aromatic nitrogens is 3. The van der Waals surface area contributed by atoms with Crippen molar-refractivity contribution in [1.82, 2.24) is 15.0 Å². The van der Waals surface area contributed by atoms with Gasteiger partial charge >= 0.3 is 6.18 Å². The average molecular weight is 522 g/mol. The van der Waals surface area contributed by atoms with Crippen LogP contribution in [0.25, 0.3) is 0 Å². The van der Waals surface area contributed by atoms with Gasteiger partial charge in [-0.05, 0) is 49.7 Å². The zero-order valence-corrected chi connectivity index (χ0v) is 20.0. The van der Waals surface area contributed by atoms with Crippen LogP contribution in [-0.2, 0) is 34.0 Å². The monoisotopic (exact) mass is 521 g/mol. The lowest BCUT2D eigenvalue weighted by Crippen LogP contribution is -2.18. The van der Waals surface area contributed by atoms with E-state index >= 15 is 0 Å². The molecule has 10 nitrogen and oxygen atoms in total. The Kier molecular flexibility index (Phi) is 6.71. The molecule has 3 aromatic rings. The van der Waals surface area contributed by atoms with Gasteiger partial charge in [0.05, 0.1) is 30.1 Å². The molecule has 0 saturated heterocycles. The molecule has 0 unspecified atom stereocenters. The number of pyridine rings is 1. The molecule has 4 N–H and O–H groups in total. The molecule has 0 spiro atoms. The lowest BCUT2D eigenvalue weighted by Gasteiger charge is -2.16. The number of aryl methyl sites for hydroxylation is 1. The SMILES string of the molecule is CCS(=O)(=O)Nc1ccc(C)nc1CNc1nc(Nc2ccc3c(c2)CC(=O)N3)ncc1C(F)(F)F. The topological polar surface area (TPSA) is 138 Å². The summed E-state index contributed by atoms with van der Waals surface area (Å²) in [6.45, 7) is 2.90. The number of benzene rings is 1. The van der Waals surface area contributed by atoms with E-state index < -0.39 is 27.6 Å². The van der Waals surface area contributed by atoms with Gasteiger partial charge in [0.15, 0.2) is 0 Å². The largest absolute Gasteiger partial charge is 0.421 e. The van der Waals surface area contributed by atoms with Crippen LogP contribution in [0.1, 0.15) is 29.4 Å². The lowest BCUT2D eigenvalue weighted by atomic mass is 10.1. The molecular formula is C22H22F3N7O3S. The number of nitrogens with zero attached hydrogens (tertiary/aromatic N) is 3. The van der Waals surface area contributed by atoms with Gasteiger partial charge in [-0.3, -0.25) is 14.5 Å². The van der Waals surface area contributed by atoms with Crippen molar-refractivity contribution in [3.8, 4) is 0 Å². The number of hydrogen-bond acceptors (Lipinski definition) is 8.